The lowest BCUT2D eigenvalue weighted by Crippen LogP contribution is -2.42. The Kier molecular flexibility index (Phi) is 4.81. The van der Waals surface area contributed by atoms with Crippen LogP contribution in [0.15, 0.2) is 45.9 Å². The summed E-state index contributed by atoms with van der Waals surface area (Å²) >= 11 is 3.43. The van der Waals surface area contributed by atoms with Crippen LogP contribution >= 0.6 is 15.9 Å². The summed E-state index contributed by atoms with van der Waals surface area (Å²) in [5, 5.41) is 6.74. The Morgan fingerprint density at radius 1 is 1.28 bits per heavy atom. The quantitative estimate of drug-likeness (QED) is 0.512. The second kappa shape index (κ2) is 6.59. The van der Waals surface area contributed by atoms with Crippen molar-refractivity contribution >= 4 is 21.9 Å². The third-order valence-corrected chi connectivity index (χ3v) is 3.47. The van der Waals surface area contributed by atoms with E-state index in [2.05, 4.69) is 55.8 Å². The van der Waals surface area contributed by atoms with Crippen molar-refractivity contribution in [3.63, 3.8) is 0 Å². The van der Waals surface area contributed by atoms with Crippen molar-refractivity contribution in [3.05, 3.63) is 46.5 Å². The summed E-state index contributed by atoms with van der Waals surface area (Å²) in [4.78, 5) is 4.24. The van der Waals surface area contributed by atoms with Gasteiger partial charge in [-0.2, -0.15) is 0 Å². The predicted molar refractivity (Wildman–Crippen MR) is 79.6 cm³/mol. The van der Waals surface area contributed by atoms with Crippen LogP contribution in [0.1, 0.15) is 18.4 Å². The van der Waals surface area contributed by atoms with Gasteiger partial charge in [-0.25, -0.2) is 0 Å². The number of aliphatic imine (C=N–C) groups is 1. The van der Waals surface area contributed by atoms with Crippen LogP contribution in [0, 0.1) is 0 Å². The minimum Gasteiger partial charge on any atom is -0.353 e. The van der Waals surface area contributed by atoms with Gasteiger partial charge in [0, 0.05) is 24.1 Å². The molecule has 0 spiro atoms. The largest absolute Gasteiger partial charge is 0.353 e. The summed E-state index contributed by atoms with van der Waals surface area (Å²) in [5.74, 6) is 0.867. The van der Waals surface area contributed by atoms with Crippen LogP contribution in [-0.2, 0) is 6.54 Å². The molecule has 4 heteroatoms. The number of halogens is 1. The molecule has 0 aliphatic heterocycles. The highest BCUT2D eigenvalue weighted by atomic mass is 79.9. The first kappa shape index (κ1) is 13.1. The number of benzene rings is 1. The maximum absolute atomic E-state index is 4.24. The first-order valence-corrected chi connectivity index (χ1v) is 6.94. The van der Waals surface area contributed by atoms with Gasteiger partial charge >= 0.3 is 0 Å². The highest BCUT2D eigenvalue weighted by molar-refractivity contribution is 9.10. The van der Waals surface area contributed by atoms with E-state index in [9.17, 15) is 0 Å². The monoisotopic (exact) mass is 307 g/mol. The minimum atomic E-state index is 0.487. The maximum atomic E-state index is 4.24. The van der Waals surface area contributed by atoms with E-state index in [0.717, 1.165) is 29.8 Å². The van der Waals surface area contributed by atoms with E-state index in [1.165, 1.54) is 5.56 Å². The number of rotatable bonds is 3. The minimum absolute atomic E-state index is 0.487. The smallest absolute Gasteiger partial charge is 0.191 e. The van der Waals surface area contributed by atoms with Gasteiger partial charge in [-0.05, 0) is 30.5 Å². The van der Waals surface area contributed by atoms with Crippen molar-refractivity contribution in [2.45, 2.75) is 25.4 Å². The second-order valence-corrected chi connectivity index (χ2v) is 5.25. The van der Waals surface area contributed by atoms with Crippen LogP contribution < -0.4 is 10.6 Å². The van der Waals surface area contributed by atoms with Crippen LogP contribution in [0.25, 0.3) is 0 Å². The van der Waals surface area contributed by atoms with Crippen LogP contribution in [0.2, 0.25) is 0 Å². The lowest BCUT2D eigenvalue weighted by Gasteiger charge is -2.16. The average molecular weight is 308 g/mol. The van der Waals surface area contributed by atoms with E-state index in [4.69, 9.17) is 0 Å². The molecule has 3 nitrogen and oxygen atoms in total. The fourth-order valence-corrected chi connectivity index (χ4v) is 2.18. The fourth-order valence-electron chi connectivity index (χ4n) is 1.91. The Balaban J connectivity index is 1.81. The molecule has 0 heterocycles. The SMILES string of the molecule is CN=C(NCc1ccc(Br)cc1)NC1CC=CC1. The molecule has 1 aliphatic rings. The number of hydrogen-bond donors (Lipinski definition) is 2. The Morgan fingerprint density at radius 2 is 1.94 bits per heavy atom. The van der Waals surface area contributed by atoms with Crippen molar-refractivity contribution in [3.8, 4) is 0 Å². The van der Waals surface area contributed by atoms with E-state index >= 15 is 0 Å². The first-order chi connectivity index (χ1) is 8.78. The molecule has 0 atom stereocenters. The normalized spacial score (nSPS) is 16.0. The summed E-state index contributed by atoms with van der Waals surface area (Å²) in [6.45, 7) is 0.785. The van der Waals surface area contributed by atoms with Gasteiger partial charge < -0.3 is 10.6 Å². The Bertz CT molecular complexity index is 429. The molecule has 1 aromatic rings. The molecule has 0 unspecified atom stereocenters. The van der Waals surface area contributed by atoms with Gasteiger partial charge in [-0.1, -0.05) is 40.2 Å². The average Bonchev–Trinajstić information content (AvgIpc) is 2.89. The Morgan fingerprint density at radius 3 is 2.56 bits per heavy atom. The van der Waals surface area contributed by atoms with E-state index in [0.29, 0.717) is 6.04 Å². The second-order valence-electron chi connectivity index (χ2n) is 4.34. The number of nitrogens with zero attached hydrogens (tertiary/aromatic N) is 1. The van der Waals surface area contributed by atoms with Gasteiger partial charge in [-0.15, -0.1) is 0 Å². The summed E-state index contributed by atoms with van der Waals surface area (Å²) in [7, 11) is 1.80. The van der Waals surface area contributed by atoms with Gasteiger partial charge in [0.2, 0.25) is 0 Å². The lowest BCUT2D eigenvalue weighted by molar-refractivity contribution is 0.633. The molecule has 2 rings (SSSR count). The van der Waals surface area contributed by atoms with Crippen molar-refractivity contribution in [1.29, 1.82) is 0 Å². The lowest BCUT2D eigenvalue weighted by atomic mass is 10.2. The molecule has 2 N–H and O–H groups in total. The zero-order valence-corrected chi connectivity index (χ0v) is 12.1. The summed E-state index contributed by atoms with van der Waals surface area (Å²) in [6.07, 6.45) is 6.58. The molecule has 0 saturated carbocycles. The van der Waals surface area contributed by atoms with E-state index in [-0.39, 0.29) is 0 Å². The molecule has 0 amide bonds. The summed E-state index contributed by atoms with van der Waals surface area (Å²) in [6, 6.07) is 8.78. The maximum Gasteiger partial charge on any atom is 0.191 e. The molecule has 0 radical (unpaired) electrons. The Hall–Kier alpha value is -1.29. The number of hydrogen-bond acceptors (Lipinski definition) is 1. The molecule has 0 bridgehead atoms. The number of nitrogens with one attached hydrogen (secondary N) is 2. The van der Waals surface area contributed by atoms with E-state index in [1.807, 2.05) is 12.1 Å². The van der Waals surface area contributed by atoms with E-state index < -0.39 is 0 Å². The standard InChI is InChI=1S/C14H18BrN3/c1-16-14(18-13-4-2-3-5-13)17-10-11-6-8-12(15)9-7-11/h2-3,6-9,13H,4-5,10H2,1H3,(H2,16,17,18). The van der Waals surface area contributed by atoms with Gasteiger partial charge in [0.05, 0.1) is 0 Å². The van der Waals surface area contributed by atoms with Crippen molar-refractivity contribution < 1.29 is 0 Å². The van der Waals surface area contributed by atoms with Crippen molar-refractivity contribution in [1.82, 2.24) is 10.6 Å². The molecule has 1 aliphatic carbocycles. The van der Waals surface area contributed by atoms with Gasteiger partial charge in [0.25, 0.3) is 0 Å². The van der Waals surface area contributed by atoms with Crippen molar-refractivity contribution in [2.24, 2.45) is 4.99 Å². The fraction of sp³-hybridized carbons (Fsp3) is 0.357. The molecule has 18 heavy (non-hydrogen) atoms. The van der Waals surface area contributed by atoms with Crippen LogP contribution in [0.3, 0.4) is 0 Å². The van der Waals surface area contributed by atoms with Gasteiger partial charge in [-0.3, -0.25) is 4.99 Å². The predicted octanol–water partition coefficient (Wildman–Crippen LogP) is 2.83. The Labute approximate surface area is 117 Å². The molecule has 1 aromatic carbocycles. The first-order valence-electron chi connectivity index (χ1n) is 6.14. The molecule has 0 fully saturated rings. The van der Waals surface area contributed by atoms with Crippen LogP contribution in [0.4, 0.5) is 0 Å². The molecule has 96 valence electrons. The van der Waals surface area contributed by atoms with Gasteiger partial charge in [0.1, 0.15) is 0 Å². The van der Waals surface area contributed by atoms with Gasteiger partial charge in [0.15, 0.2) is 5.96 Å². The molecular weight excluding hydrogens is 290 g/mol. The zero-order chi connectivity index (χ0) is 12.8. The molecular formula is C14H18BrN3. The highest BCUT2D eigenvalue weighted by Gasteiger charge is 2.11. The third kappa shape index (κ3) is 3.88. The number of guanidine groups is 1. The molecule has 0 aromatic heterocycles. The summed E-state index contributed by atoms with van der Waals surface area (Å²) < 4.78 is 1.10. The van der Waals surface area contributed by atoms with Crippen molar-refractivity contribution in [2.75, 3.05) is 7.05 Å². The van der Waals surface area contributed by atoms with Crippen LogP contribution in [-0.4, -0.2) is 19.0 Å². The highest BCUT2D eigenvalue weighted by Crippen LogP contribution is 2.11. The van der Waals surface area contributed by atoms with E-state index in [1.54, 1.807) is 7.05 Å². The third-order valence-electron chi connectivity index (χ3n) is 2.95. The molecule has 0 saturated heterocycles. The van der Waals surface area contributed by atoms with Crippen LogP contribution in [0.5, 0.6) is 0 Å². The topological polar surface area (TPSA) is 36.4 Å². The summed E-state index contributed by atoms with van der Waals surface area (Å²) in [5.41, 5.74) is 1.24. The zero-order valence-electron chi connectivity index (χ0n) is 10.5.